The molecule has 0 bridgehead atoms. The van der Waals surface area contributed by atoms with Gasteiger partial charge in [-0.05, 0) is 26.2 Å². The second-order valence-electron chi connectivity index (χ2n) is 4.41. The Balaban J connectivity index is 3.45. The van der Waals surface area contributed by atoms with E-state index < -0.39 is 0 Å². The summed E-state index contributed by atoms with van der Waals surface area (Å²) in [4.78, 5) is 22.8. The van der Waals surface area contributed by atoms with E-state index in [0.29, 0.717) is 45.1 Å². The number of rotatable bonds is 11. The Morgan fingerprint density at radius 2 is 1.59 bits per heavy atom. The number of ketones is 2. The molecule has 0 heterocycles. The van der Waals surface area contributed by atoms with Gasteiger partial charge in [0, 0.05) is 39.4 Å². The Bertz CT molecular complexity index is 223. The van der Waals surface area contributed by atoms with Crippen LogP contribution >= 0.6 is 0 Å². The predicted octanol–water partition coefficient (Wildman–Crippen LogP) is 1.88. The monoisotopic (exact) mass is 244 g/mol. The van der Waals surface area contributed by atoms with Gasteiger partial charge < -0.3 is 9.84 Å². The smallest absolute Gasteiger partial charge is 0.133 e. The van der Waals surface area contributed by atoms with E-state index in [-0.39, 0.29) is 17.7 Å². The lowest BCUT2D eigenvalue weighted by Gasteiger charge is -2.03. The number of carbonyl (C=O) groups excluding carboxylic acids is 2. The van der Waals surface area contributed by atoms with Crippen LogP contribution in [0.15, 0.2) is 0 Å². The summed E-state index contributed by atoms with van der Waals surface area (Å²) < 4.78 is 4.85. The lowest BCUT2D eigenvalue weighted by molar-refractivity contribution is -0.124. The van der Waals surface area contributed by atoms with Gasteiger partial charge in [-0.1, -0.05) is 0 Å². The zero-order valence-corrected chi connectivity index (χ0v) is 10.9. The molecule has 1 atom stereocenters. The molecule has 0 aliphatic heterocycles. The third kappa shape index (κ3) is 11.5. The average Bonchev–Trinajstić information content (AvgIpc) is 2.26. The molecule has 0 saturated heterocycles. The van der Waals surface area contributed by atoms with Gasteiger partial charge in [-0.25, -0.2) is 0 Å². The number of aliphatic hydroxyl groups excluding tert-OH is 1. The SMILES string of the molecule is COCCCC(=O)CCC(=O)CCCC(C)O. The number of Topliss-reactive ketones (excluding diaryl/α,β-unsaturated/α-hetero) is 2. The molecule has 0 saturated carbocycles. The molecular formula is C13H24O4. The van der Waals surface area contributed by atoms with Crippen molar-refractivity contribution in [3.8, 4) is 0 Å². The summed E-state index contributed by atoms with van der Waals surface area (Å²) in [5.41, 5.74) is 0. The first-order chi connectivity index (χ1) is 8.06. The van der Waals surface area contributed by atoms with Gasteiger partial charge in [-0.15, -0.1) is 0 Å². The van der Waals surface area contributed by atoms with Crippen molar-refractivity contribution < 1.29 is 19.4 Å². The molecule has 100 valence electrons. The number of hydrogen-bond donors (Lipinski definition) is 1. The number of hydrogen-bond acceptors (Lipinski definition) is 4. The van der Waals surface area contributed by atoms with Gasteiger partial charge in [-0.3, -0.25) is 9.59 Å². The quantitative estimate of drug-likeness (QED) is 0.564. The maximum Gasteiger partial charge on any atom is 0.133 e. The van der Waals surface area contributed by atoms with Crippen LogP contribution in [-0.4, -0.2) is 36.5 Å². The van der Waals surface area contributed by atoms with Gasteiger partial charge in [-0.2, -0.15) is 0 Å². The Morgan fingerprint density at radius 3 is 2.06 bits per heavy atom. The fraction of sp³-hybridized carbons (Fsp3) is 0.846. The van der Waals surface area contributed by atoms with Crippen LogP contribution in [0.4, 0.5) is 0 Å². The molecule has 0 fully saturated rings. The Labute approximate surface area is 103 Å². The van der Waals surface area contributed by atoms with E-state index in [4.69, 9.17) is 9.84 Å². The predicted molar refractivity (Wildman–Crippen MR) is 65.9 cm³/mol. The van der Waals surface area contributed by atoms with Gasteiger partial charge in [0.2, 0.25) is 0 Å². The molecule has 17 heavy (non-hydrogen) atoms. The van der Waals surface area contributed by atoms with Gasteiger partial charge >= 0.3 is 0 Å². The number of methoxy groups -OCH3 is 1. The molecule has 4 nitrogen and oxygen atoms in total. The summed E-state index contributed by atoms with van der Waals surface area (Å²) in [5.74, 6) is 0.247. The lowest BCUT2D eigenvalue weighted by Crippen LogP contribution is -2.06. The minimum absolute atomic E-state index is 0.116. The highest BCUT2D eigenvalue weighted by Crippen LogP contribution is 2.06. The second-order valence-corrected chi connectivity index (χ2v) is 4.41. The highest BCUT2D eigenvalue weighted by atomic mass is 16.5. The van der Waals surface area contributed by atoms with Crippen molar-refractivity contribution in [2.45, 2.75) is 58.0 Å². The molecule has 0 aliphatic carbocycles. The maximum absolute atomic E-state index is 11.4. The molecule has 0 spiro atoms. The highest BCUT2D eigenvalue weighted by Gasteiger charge is 2.07. The van der Waals surface area contributed by atoms with Crippen molar-refractivity contribution in [1.29, 1.82) is 0 Å². The molecule has 0 rings (SSSR count). The summed E-state index contributed by atoms with van der Waals surface area (Å²) in [6.45, 7) is 2.30. The van der Waals surface area contributed by atoms with Gasteiger partial charge in [0.25, 0.3) is 0 Å². The topological polar surface area (TPSA) is 63.6 Å². The summed E-state index contributed by atoms with van der Waals surface area (Å²) in [7, 11) is 1.61. The standard InChI is InChI=1S/C13H24O4/c1-11(14)5-3-6-12(15)8-9-13(16)7-4-10-17-2/h11,14H,3-10H2,1-2H3. The summed E-state index contributed by atoms with van der Waals surface area (Å²) in [5, 5.41) is 9.03. The van der Waals surface area contributed by atoms with E-state index in [2.05, 4.69) is 0 Å². The van der Waals surface area contributed by atoms with Gasteiger partial charge in [0.05, 0.1) is 6.10 Å². The van der Waals surface area contributed by atoms with Gasteiger partial charge in [0.1, 0.15) is 11.6 Å². The Hall–Kier alpha value is -0.740. The van der Waals surface area contributed by atoms with Crippen LogP contribution in [0.1, 0.15) is 51.9 Å². The number of ether oxygens (including phenoxy) is 1. The number of carbonyl (C=O) groups is 2. The molecule has 0 aromatic heterocycles. The zero-order chi connectivity index (χ0) is 13.1. The van der Waals surface area contributed by atoms with Crippen molar-refractivity contribution in [2.75, 3.05) is 13.7 Å². The number of aliphatic hydroxyl groups is 1. The van der Waals surface area contributed by atoms with E-state index in [9.17, 15) is 9.59 Å². The largest absolute Gasteiger partial charge is 0.393 e. The van der Waals surface area contributed by atoms with E-state index in [0.717, 1.165) is 6.42 Å². The summed E-state index contributed by atoms with van der Waals surface area (Å²) in [6.07, 6.45) is 3.37. The lowest BCUT2D eigenvalue weighted by atomic mass is 10.0. The molecule has 0 aromatic carbocycles. The molecule has 0 amide bonds. The van der Waals surface area contributed by atoms with Gasteiger partial charge in [0.15, 0.2) is 0 Å². The summed E-state index contributed by atoms with van der Waals surface area (Å²) >= 11 is 0. The first kappa shape index (κ1) is 16.3. The normalized spacial score (nSPS) is 12.4. The minimum Gasteiger partial charge on any atom is -0.393 e. The Kier molecular flexibility index (Phi) is 9.96. The fourth-order valence-electron chi connectivity index (χ4n) is 1.54. The maximum atomic E-state index is 11.4. The van der Waals surface area contributed by atoms with Crippen LogP contribution in [0.3, 0.4) is 0 Å². The van der Waals surface area contributed by atoms with Crippen LogP contribution in [0.25, 0.3) is 0 Å². The average molecular weight is 244 g/mol. The van der Waals surface area contributed by atoms with Crippen molar-refractivity contribution >= 4 is 11.6 Å². The molecule has 0 radical (unpaired) electrons. The first-order valence-corrected chi connectivity index (χ1v) is 6.26. The third-order valence-corrected chi connectivity index (χ3v) is 2.56. The van der Waals surface area contributed by atoms with E-state index in [1.807, 2.05) is 0 Å². The van der Waals surface area contributed by atoms with Crippen molar-refractivity contribution in [1.82, 2.24) is 0 Å². The minimum atomic E-state index is -0.349. The highest BCUT2D eigenvalue weighted by molar-refractivity contribution is 5.85. The van der Waals surface area contributed by atoms with Crippen molar-refractivity contribution in [3.63, 3.8) is 0 Å². The molecule has 4 heteroatoms. The van der Waals surface area contributed by atoms with Crippen molar-refractivity contribution in [2.24, 2.45) is 0 Å². The Morgan fingerprint density at radius 1 is 1.06 bits per heavy atom. The van der Waals surface area contributed by atoms with Crippen LogP contribution < -0.4 is 0 Å². The van der Waals surface area contributed by atoms with Crippen LogP contribution in [0.5, 0.6) is 0 Å². The van der Waals surface area contributed by atoms with E-state index >= 15 is 0 Å². The van der Waals surface area contributed by atoms with Crippen LogP contribution in [0, 0.1) is 0 Å². The van der Waals surface area contributed by atoms with E-state index in [1.165, 1.54) is 0 Å². The second kappa shape index (κ2) is 10.4. The molecule has 0 aliphatic rings. The molecule has 1 unspecified atom stereocenters. The van der Waals surface area contributed by atoms with E-state index in [1.54, 1.807) is 14.0 Å². The third-order valence-electron chi connectivity index (χ3n) is 2.56. The zero-order valence-electron chi connectivity index (χ0n) is 10.9. The molecular weight excluding hydrogens is 220 g/mol. The fourth-order valence-corrected chi connectivity index (χ4v) is 1.54. The summed E-state index contributed by atoms with van der Waals surface area (Å²) in [6, 6.07) is 0. The molecule has 1 N–H and O–H groups in total. The molecule has 0 aromatic rings. The van der Waals surface area contributed by atoms with Crippen LogP contribution in [0.2, 0.25) is 0 Å². The van der Waals surface area contributed by atoms with Crippen molar-refractivity contribution in [3.05, 3.63) is 0 Å². The first-order valence-electron chi connectivity index (χ1n) is 6.26. The van der Waals surface area contributed by atoms with Crippen LogP contribution in [-0.2, 0) is 14.3 Å².